The van der Waals surface area contributed by atoms with Crippen molar-refractivity contribution in [3.8, 4) is 0 Å². The molecule has 5 nitrogen and oxygen atoms in total. The fourth-order valence-electron chi connectivity index (χ4n) is 4.21. The number of carbonyl (C=O) groups is 2. The highest BCUT2D eigenvalue weighted by atomic mass is 35.5. The third-order valence-corrected chi connectivity index (χ3v) is 7.02. The quantitative estimate of drug-likeness (QED) is 0.403. The van der Waals surface area contributed by atoms with E-state index in [0.29, 0.717) is 19.4 Å². The standard InChI is InChI=1S/C27H41ClN2O3/c1-18(2)21-17-30(15-9-13-26(6,7)23(31)32)24(33)29-27(21,8)20-11-10-19(22(28)16-20)12-14-25(3,4)5/h10-11,16-18H,9,12-15H2,1-8H3,(H,29,33)(H,31,32)/t27-/m0/s1. The zero-order chi connectivity index (χ0) is 25.2. The summed E-state index contributed by atoms with van der Waals surface area (Å²) in [5.41, 5.74) is 1.96. The van der Waals surface area contributed by atoms with E-state index in [1.54, 1.807) is 18.7 Å². The van der Waals surface area contributed by atoms with Crippen molar-refractivity contribution in [2.45, 2.75) is 86.6 Å². The van der Waals surface area contributed by atoms with Crippen LogP contribution in [0.5, 0.6) is 0 Å². The molecular formula is C27H41ClN2O3. The largest absolute Gasteiger partial charge is 0.481 e. The van der Waals surface area contributed by atoms with Crippen LogP contribution in [0, 0.1) is 16.7 Å². The molecule has 6 heteroatoms. The molecule has 0 aromatic heterocycles. The number of nitrogens with zero attached hydrogens (tertiary/aromatic N) is 1. The summed E-state index contributed by atoms with van der Waals surface area (Å²) in [5, 5.41) is 13.3. The van der Waals surface area contributed by atoms with Crippen molar-refractivity contribution in [2.24, 2.45) is 16.7 Å². The Balaban J connectivity index is 2.27. The number of urea groups is 1. The normalized spacial score (nSPS) is 19.5. The number of nitrogens with one attached hydrogen (secondary N) is 1. The summed E-state index contributed by atoms with van der Waals surface area (Å²) >= 11 is 6.68. The smallest absolute Gasteiger partial charge is 0.322 e. The number of carbonyl (C=O) groups excluding carboxylic acids is 1. The Kier molecular flexibility index (Phi) is 8.32. The fraction of sp³-hybridized carbons (Fsp3) is 0.630. The molecule has 0 fully saturated rings. The summed E-state index contributed by atoms with van der Waals surface area (Å²) in [4.78, 5) is 26.1. The molecule has 0 aliphatic carbocycles. The minimum absolute atomic E-state index is 0.178. The average molecular weight is 477 g/mol. The maximum atomic E-state index is 13.0. The highest BCUT2D eigenvalue weighted by Crippen LogP contribution is 2.39. The Morgan fingerprint density at radius 1 is 1.18 bits per heavy atom. The Morgan fingerprint density at radius 3 is 2.33 bits per heavy atom. The second kappa shape index (κ2) is 10.1. The van der Waals surface area contributed by atoms with Crippen molar-refractivity contribution in [2.75, 3.05) is 6.54 Å². The molecule has 1 heterocycles. The lowest BCUT2D eigenvalue weighted by atomic mass is 9.78. The van der Waals surface area contributed by atoms with Gasteiger partial charge >= 0.3 is 12.0 Å². The van der Waals surface area contributed by atoms with Gasteiger partial charge in [-0.2, -0.15) is 0 Å². The van der Waals surface area contributed by atoms with E-state index >= 15 is 0 Å². The molecule has 1 aliphatic heterocycles. The highest BCUT2D eigenvalue weighted by Gasteiger charge is 2.40. The Hall–Kier alpha value is -2.01. The second-order valence-electron chi connectivity index (χ2n) is 11.6. The number of hydrogen-bond acceptors (Lipinski definition) is 2. The first-order chi connectivity index (χ1) is 15.1. The van der Waals surface area contributed by atoms with Crippen molar-refractivity contribution in [1.29, 1.82) is 0 Å². The molecule has 0 saturated heterocycles. The summed E-state index contributed by atoms with van der Waals surface area (Å²) in [7, 11) is 0. The van der Waals surface area contributed by atoms with Gasteiger partial charge in [-0.25, -0.2) is 4.79 Å². The zero-order valence-corrected chi connectivity index (χ0v) is 22.3. The van der Waals surface area contributed by atoms with Crippen LogP contribution in [0.4, 0.5) is 4.79 Å². The van der Waals surface area contributed by atoms with Crippen molar-refractivity contribution in [3.63, 3.8) is 0 Å². The van der Waals surface area contributed by atoms with E-state index in [2.05, 4.69) is 52.1 Å². The van der Waals surface area contributed by atoms with E-state index in [4.69, 9.17) is 11.6 Å². The van der Waals surface area contributed by atoms with Crippen LogP contribution >= 0.6 is 11.6 Å². The third kappa shape index (κ3) is 6.75. The second-order valence-corrected chi connectivity index (χ2v) is 12.1. The van der Waals surface area contributed by atoms with Gasteiger partial charge in [0.05, 0.1) is 11.0 Å². The molecule has 2 N–H and O–H groups in total. The van der Waals surface area contributed by atoms with E-state index in [9.17, 15) is 14.7 Å². The molecule has 184 valence electrons. The first-order valence-electron chi connectivity index (χ1n) is 11.9. The molecule has 1 aliphatic rings. The van der Waals surface area contributed by atoms with Gasteiger partial charge in [-0.15, -0.1) is 0 Å². The summed E-state index contributed by atoms with van der Waals surface area (Å²) < 4.78 is 0. The van der Waals surface area contributed by atoms with Crippen LogP contribution < -0.4 is 5.32 Å². The molecule has 1 aromatic carbocycles. The molecule has 0 radical (unpaired) electrons. The predicted molar refractivity (Wildman–Crippen MR) is 135 cm³/mol. The number of aryl methyl sites for hydroxylation is 1. The lowest BCUT2D eigenvalue weighted by molar-refractivity contribution is -0.147. The monoisotopic (exact) mass is 476 g/mol. The molecule has 0 unspecified atom stereocenters. The number of aliphatic carboxylic acids is 1. The minimum Gasteiger partial charge on any atom is -0.481 e. The van der Waals surface area contributed by atoms with Crippen LogP contribution in [0.15, 0.2) is 30.0 Å². The lowest BCUT2D eigenvalue weighted by Crippen LogP contribution is -2.54. The Labute approximate surface area is 204 Å². The van der Waals surface area contributed by atoms with E-state index in [1.807, 2.05) is 19.2 Å². The van der Waals surface area contributed by atoms with Crippen molar-refractivity contribution in [1.82, 2.24) is 10.2 Å². The SMILES string of the molecule is CC(C)C1=CN(CCCC(C)(C)C(=O)O)C(=O)N[C@@]1(C)c1ccc(CCC(C)(C)C)c(Cl)c1. The Morgan fingerprint density at radius 2 is 1.82 bits per heavy atom. The summed E-state index contributed by atoms with van der Waals surface area (Å²) in [6.07, 6.45) is 5.02. The molecule has 2 rings (SSSR count). The first kappa shape index (κ1) is 27.2. The van der Waals surface area contributed by atoms with Crippen molar-refractivity contribution < 1.29 is 14.7 Å². The number of carboxylic acid groups (broad SMARTS) is 1. The summed E-state index contributed by atoms with van der Waals surface area (Å²) in [6, 6.07) is 5.97. The maximum absolute atomic E-state index is 13.0. The number of hydrogen-bond donors (Lipinski definition) is 2. The van der Waals surface area contributed by atoms with Crippen LogP contribution in [-0.2, 0) is 16.8 Å². The lowest BCUT2D eigenvalue weighted by Gasteiger charge is -2.42. The van der Waals surface area contributed by atoms with Gasteiger partial charge < -0.3 is 15.3 Å². The van der Waals surface area contributed by atoms with Crippen molar-refractivity contribution >= 4 is 23.6 Å². The van der Waals surface area contributed by atoms with Gasteiger partial charge in [0.15, 0.2) is 0 Å². The van der Waals surface area contributed by atoms with Crippen LogP contribution in [0.25, 0.3) is 0 Å². The summed E-state index contributed by atoms with van der Waals surface area (Å²) in [6.45, 7) is 16.8. The zero-order valence-electron chi connectivity index (χ0n) is 21.5. The topological polar surface area (TPSA) is 69.6 Å². The average Bonchev–Trinajstić information content (AvgIpc) is 2.67. The van der Waals surface area contributed by atoms with Gasteiger partial charge in [-0.3, -0.25) is 4.79 Å². The predicted octanol–water partition coefficient (Wildman–Crippen LogP) is 6.99. The third-order valence-electron chi connectivity index (χ3n) is 6.67. The van der Waals surface area contributed by atoms with Gasteiger partial charge in [0.1, 0.15) is 0 Å². The van der Waals surface area contributed by atoms with Gasteiger partial charge in [-0.05, 0) is 80.6 Å². The number of rotatable bonds is 9. The van der Waals surface area contributed by atoms with E-state index in [-0.39, 0.29) is 17.4 Å². The molecule has 33 heavy (non-hydrogen) atoms. The number of benzene rings is 1. The van der Waals surface area contributed by atoms with Crippen LogP contribution in [0.2, 0.25) is 5.02 Å². The molecule has 0 bridgehead atoms. The first-order valence-corrected chi connectivity index (χ1v) is 12.3. The van der Waals surface area contributed by atoms with Crippen molar-refractivity contribution in [3.05, 3.63) is 46.1 Å². The van der Waals surface area contributed by atoms with Crippen LogP contribution in [-0.4, -0.2) is 28.6 Å². The molecule has 1 atom stereocenters. The van der Waals surface area contributed by atoms with E-state index in [1.165, 1.54) is 0 Å². The van der Waals surface area contributed by atoms with Gasteiger partial charge in [0, 0.05) is 17.8 Å². The maximum Gasteiger partial charge on any atom is 0.322 e. The van der Waals surface area contributed by atoms with E-state index < -0.39 is 16.9 Å². The molecule has 1 aromatic rings. The number of carboxylic acids is 1. The number of halogens is 1. The molecule has 2 amide bonds. The van der Waals surface area contributed by atoms with Gasteiger partial charge in [-0.1, -0.05) is 58.4 Å². The van der Waals surface area contributed by atoms with E-state index in [0.717, 1.165) is 34.6 Å². The highest BCUT2D eigenvalue weighted by molar-refractivity contribution is 6.31. The van der Waals surface area contributed by atoms with Gasteiger partial charge in [0.2, 0.25) is 0 Å². The number of amides is 2. The Bertz CT molecular complexity index is 914. The minimum atomic E-state index is -0.820. The molecule has 0 saturated carbocycles. The molecule has 0 spiro atoms. The summed E-state index contributed by atoms with van der Waals surface area (Å²) in [5.74, 6) is -0.618. The van der Waals surface area contributed by atoms with Gasteiger partial charge in [0.25, 0.3) is 0 Å². The van der Waals surface area contributed by atoms with Crippen LogP contribution in [0.3, 0.4) is 0 Å². The van der Waals surface area contributed by atoms with Crippen LogP contribution in [0.1, 0.15) is 85.8 Å². The molecular weight excluding hydrogens is 436 g/mol. The fourth-order valence-corrected chi connectivity index (χ4v) is 4.49.